The summed E-state index contributed by atoms with van der Waals surface area (Å²) in [7, 11) is -4.24. The Morgan fingerprint density at radius 2 is 1.46 bits per heavy atom. The summed E-state index contributed by atoms with van der Waals surface area (Å²) in [5.41, 5.74) is -0.280. The molecule has 0 N–H and O–H groups in total. The first kappa shape index (κ1) is 21.0. The van der Waals surface area contributed by atoms with Gasteiger partial charge in [0.05, 0.1) is 24.7 Å². The Morgan fingerprint density at radius 3 is 1.79 bits per heavy atom. The topological polar surface area (TPSA) is 57.9 Å². The fourth-order valence-electron chi connectivity index (χ4n) is 1.56. The Labute approximate surface area is 165 Å². The minimum Gasteiger partial charge on any atom is -0.218 e. The lowest BCUT2D eigenvalue weighted by Gasteiger charge is -2.12. The third-order valence-electron chi connectivity index (χ3n) is 2.67. The number of thiocarbonyl (C=S) groups is 2. The lowest BCUT2D eigenvalue weighted by molar-refractivity contribution is 0.603. The van der Waals surface area contributed by atoms with E-state index in [2.05, 4.69) is 13.2 Å². The molecule has 0 unspecified atom stereocenters. The van der Waals surface area contributed by atoms with Crippen molar-refractivity contribution in [2.45, 2.75) is 4.90 Å². The van der Waals surface area contributed by atoms with Gasteiger partial charge in [0.15, 0.2) is 4.91 Å². The van der Waals surface area contributed by atoms with E-state index >= 15 is 0 Å². The highest BCUT2D eigenvalue weighted by atomic mass is 35.5. The van der Waals surface area contributed by atoms with Crippen molar-refractivity contribution in [3.05, 3.63) is 63.0 Å². The molecule has 0 aliphatic heterocycles. The molecule has 0 fully saturated rings. The molecule has 1 aromatic carbocycles. The van der Waals surface area contributed by atoms with Gasteiger partial charge in [-0.3, -0.25) is 0 Å². The van der Waals surface area contributed by atoms with Crippen LogP contribution in [0.1, 0.15) is 0 Å². The summed E-state index contributed by atoms with van der Waals surface area (Å²) in [5.74, 6) is 0. The van der Waals surface area contributed by atoms with Gasteiger partial charge < -0.3 is 0 Å². The summed E-state index contributed by atoms with van der Waals surface area (Å²) in [6.45, 7) is 6.87. The van der Waals surface area contributed by atoms with Crippen LogP contribution in [0.15, 0.2) is 62.9 Å². The fourth-order valence-corrected chi connectivity index (χ4v) is 3.80. The van der Waals surface area contributed by atoms with Gasteiger partial charge >= 0.3 is 0 Å². The number of hydrogen-bond acceptors (Lipinski definition) is 5. The normalized spacial score (nSPS) is 10.4. The number of benzene rings is 1. The average Bonchev–Trinajstić information content (AvgIpc) is 2.51. The number of allylic oxidation sites excluding steroid dienone is 4. The second kappa shape index (κ2) is 8.34. The smallest absolute Gasteiger partial charge is 0.217 e. The van der Waals surface area contributed by atoms with Crippen LogP contribution in [0.5, 0.6) is 0 Å². The lowest BCUT2D eigenvalue weighted by Crippen LogP contribution is -2.17. The van der Waals surface area contributed by atoms with E-state index in [1.165, 1.54) is 24.3 Å². The van der Waals surface area contributed by atoms with Crippen LogP contribution < -0.4 is 0 Å². The quantitative estimate of drug-likeness (QED) is 0.351. The second-order valence-corrected chi connectivity index (χ2v) is 8.29. The molecular weight excluding hydrogens is 429 g/mol. The maximum atomic E-state index is 12.8. The van der Waals surface area contributed by atoms with Gasteiger partial charge in [-0.2, -0.15) is 5.26 Å². The van der Waals surface area contributed by atoms with Crippen LogP contribution in [-0.2, 0) is 9.84 Å². The van der Waals surface area contributed by atoms with Crippen molar-refractivity contribution in [3.8, 4) is 6.07 Å². The van der Waals surface area contributed by atoms with Crippen LogP contribution >= 0.6 is 59.2 Å². The zero-order chi connectivity index (χ0) is 18.7. The zero-order valence-electron chi connectivity index (χ0n) is 11.8. The molecule has 0 heterocycles. The van der Waals surface area contributed by atoms with Crippen LogP contribution in [0.3, 0.4) is 0 Å². The van der Waals surface area contributed by atoms with E-state index in [9.17, 15) is 13.7 Å². The largest absolute Gasteiger partial charge is 0.218 e. The molecule has 124 valence electrons. The summed E-state index contributed by atoms with van der Waals surface area (Å²) in [5, 5.41) is 9.46. The second-order valence-electron chi connectivity index (χ2n) is 4.24. The molecule has 0 atom stereocenters. The van der Waals surface area contributed by atoms with E-state index in [4.69, 9.17) is 59.2 Å². The van der Waals surface area contributed by atoms with Crippen molar-refractivity contribution in [2.24, 2.45) is 0 Å². The molecule has 0 saturated carbocycles. The number of hydrogen-bond donors (Lipinski definition) is 0. The first-order valence-electron chi connectivity index (χ1n) is 5.97. The average molecular weight is 437 g/mol. The number of nitrogens with zero attached hydrogens (tertiary/aromatic N) is 1. The van der Waals surface area contributed by atoms with E-state index in [-0.39, 0.29) is 30.3 Å². The van der Waals surface area contributed by atoms with Crippen molar-refractivity contribution in [1.82, 2.24) is 0 Å². The third kappa shape index (κ3) is 4.51. The molecule has 0 bridgehead atoms. The van der Waals surface area contributed by atoms with Crippen molar-refractivity contribution in [3.63, 3.8) is 0 Å². The monoisotopic (exact) mass is 435 g/mol. The van der Waals surface area contributed by atoms with E-state index < -0.39 is 14.7 Å². The van der Waals surface area contributed by atoms with E-state index in [1.54, 1.807) is 6.07 Å². The zero-order valence-corrected chi connectivity index (χ0v) is 16.6. The summed E-state index contributed by atoms with van der Waals surface area (Å²) in [6, 6.07) is 6.87. The highest BCUT2D eigenvalue weighted by Gasteiger charge is 2.29. The van der Waals surface area contributed by atoms with E-state index in [0.29, 0.717) is 5.02 Å². The molecule has 0 aliphatic rings. The Balaban J connectivity index is 3.81. The number of nitriles is 1. The van der Waals surface area contributed by atoms with Gasteiger partial charge in [0.25, 0.3) is 0 Å². The molecule has 0 saturated heterocycles. The SMILES string of the molecule is C=C(Cl)C(=S)C(C(=S)C(=C)Cl)=C(C#N)S(=O)(=O)c1ccc(Cl)cc1. The number of sulfone groups is 1. The molecule has 1 aromatic rings. The van der Waals surface area contributed by atoms with Crippen LogP contribution in [-0.4, -0.2) is 18.1 Å². The highest BCUT2D eigenvalue weighted by Crippen LogP contribution is 2.28. The minimum absolute atomic E-state index is 0.153. The maximum absolute atomic E-state index is 12.8. The molecule has 3 nitrogen and oxygen atoms in total. The van der Waals surface area contributed by atoms with Gasteiger partial charge in [-0.05, 0) is 24.3 Å². The van der Waals surface area contributed by atoms with Crippen LogP contribution in [0.4, 0.5) is 0 Å². The van der Waals surface area contributed by atoms with Crippen LogP contribution in [0.2, 0.25) is 5.02 Å². The van der Waals surface area contributed by atoms with Crippen LogP contribution in [0, 0.1) is 11.3 Å². The number of rotatable bonds is 6. The Hall–Kier alpha value is -1.07. The molecule has 0 aromatic heterocycles. The first-order chi connectivity index (χ1) is 11.0. The van der Waals surface area contributed by atoms with Gasteiger partial charge in [-0.15, -0.1) is 0 Å². The molecule has 9 heteroatoms. The molecule has 0 amide bonds. The van der Waals surface area contributed by atoms with Crippen molar-refractivity contribution in [1.29, 1.82) is 5.26 Å². The lowest BCUT2D eigenvalue weighted by atomic mass is 10.1. The molecule has 0 spiro atoms. The fraction of sp³-hybridized carbons (Fsp3) is 0. The Bertz CT molecular complexity index is 896. The summed E-state index contributed by atoms with van der Waals surface area (Å²) in [6.07, 6.45) is 0. The maximum Gasteiger partial charge on any atom is 0.217 e. The van der Waals surface area contributed by atoms with Gasteiger partial charge in [0, 0.05) is 10.6 Å². The van der Waals surface area contributed by atoms with Gasteiger partial charge in [0.2, 0.25) is 9.84 Å². The standard InChI is InChI=1S/C15H8Cl3NO2S3/c1-8(16)14(22)13(15(23)9(2)17)12(7-19)24(20,21)11-5-3-10(18)4-6-11/h3-6H,1-2H2. The summed E-state index contributed by atoms with van der Waals surface area (Å²) < 4.78 is 25.6. The van der Waals surface area contributed by atoms with Gasteiger partial charge in [-0.25, -0.2) is 8.42 Å². The highest BCUT2D eigenvalue weighted by molar-refractivity contribution is 7.96. The van der Waals surface area contributed by atoms with Crippen molar-refractivity contribution >= 4 is 78.8 Å². The van der Waals surface area contributed by atoms with Crippen molar-refractivity contribution < 1.29 is 8.42 Å². The van der Waals surface area contributed by atoms with E-state index in [1.807, 2.05) is 0 Å². The third-order valence-corrected chi connectivity index (χ3v) is 6.15. The predicted octanol–water partition coefficient (Wildman–Crippen LogP) is 5.14. The first-order valence-corrected chi connectivity index (χ1v) is 9.40. The molecular formula is C15H8Cl3NO2S3. The molecule has 0 aliphatic carbocycles. The van der Waals surface area contributed by atoms with Crippen molar-refractivity contribution in [2.75, 3.05) is 0 Å². The molecule has 1 rings (SSSR count). The molecule has 24 heavy (non-hydrogen) atoms. The molecule has 0 radical (unpaired) electrons. The predicted molar refractivity (Wildman–Crippen MR) is 106 cm³/mol. The Kier molecular flexibility index (Phi) is 7.29. The van der Waals surface area contributed by atoms with Gasteiger partial charge in [-0.1, -0.05) is 72.4 Å². The summed E-state index contributed by atoms with van der Waals surface area (Å²) >= 11 is 27.4. The number of halogens is 3. The Morgan fingerprint density at radius 1 is 1.04 bits per heavy atom. The summed E-state index contributed by atoms with van der Waals surface area (Å²) in [4.78, 5) is -1.24. The van der Waals surface area contributed by atoms with Crippen LogP contribution in [0.25, 0.3) is 0 Å². The van der Waals surface area contributed by atoms with E-state index in [0.717, 1.165) is 0 Å². The minimum atomic E-state index is -4.24. The van der Waals surface area contributed by atoms with Gasteiger partial charge in [0.1, 0.15) is 6.07 Å².